The van der Waals surface area contributed by atoms with Gasteiger partial charge in [-0.3, -0.25) is 14.2 Å². The van der Waals surface area contributed by atoms with Gasteiger partial charge >= 0.3 is 0 Å². The van der Waals surface area contributed by atoms with Crippen LogP contribution in [-0.4, -0.2) is 47.0 Å². The maximum absolute atomic E-state index is 13.4. The Balaban J connectivity index is 1.53. The number of hydrogen-bond donors (Lipinski definition) is 2. The van der Waals surface area contributed by atoms with Gasteiger partial charge in [-0.05, 0) is 68.6 Å². The van der Waals surface area contributed by atoms with Gasteiger partial charge in [-0.2, -0.15) is 0 Å². The zero-order chi connectivity index (χ0) is 24.5. The molecule has 2 saturated carbocycles. The summed E-state index contributed by atoms with van der Waals surface area (Å²) < 4.78 is 13.9. The van der Waals surface area contributed by atoms with Gasteiger partial charge in [-0.25, -0.2) is 0 Å². The average Bonchev–Trinajstić information content (AvgIpc) is 3.57. The summed E-state index contributed by atoms with van der Waals surface area (Å²) in [6, 6.07) is 8.05. The summed E-state index contributed by atoms with van der Waals surface area (Å²) in [5.41, 5.74) is 1.81. The summed E-state index contributed by atoms with van der Waals surface area (Å²) in [6.07, 6.45) is 9.18. The fraction of sp³-hybridized carbons (Fsp3) is 0.571. The molecule has 2 bridgehead atoms. The molecule has 2 aromatic rings. The molecule has 2 N–H and O–H groups in total. The number of carbonyl (C=O) groups excluding carboxylic acids is 2. The standard InChI is InChI=1S/C28H36N2O5/c1-3-34-28-21(8-6-12-31)22(23-16-30(17(2)32)25-9-5-4-7-20(23)25)15-26(35-28)27(33)29-24-14-18-10-11-19(24)13-18/h4-5,7,9,15-16,18-19,21-22,24,28,31H,3,6,8,10-14H2,1-2H3,(H,29,33)/t18?,19?,21-,22+,24?,28-/m0/s1. The van der Waals surface area contributed by atoms with Crippen molar-refractivity contribution in [2.24, 2.45) is 17.8 Å². The number of rotatable bonds is 8. The molecule has 1 aromatic carbocycles. The van der Waals surface area contributed by atoms with Crippen LogP contribution in [0.15, 0.2) is 42.3 Å². The zero-order valence-corrected chi connectivity index (χ0v) is 20.6. The third kappa shape index (κ3) is 4.64. The van der Waals surface area contributed by atoms with Gasteiger partial charge in [0.05, 0.1) is 5.52 Å². The normalized spacial score (nSPS) is 29.7. The topological polar surface area (TPSA) is 89.8 Å². The van der Waals surface area contributed by atoms with Crippen LogP contribution in [-0.2, 0) is 14.3 Å². The van der Waals surface area contributed by atoms with E-state index in [4.69, 9.17) is 9.47 Å². The Morgan fingerprint density at radius 1 is 1.23 bits per heavy atom. The van der Waals surface area contributed by atoms with Crippen LogP contribution < -0.4 is 5.32 Å². The molecule has 6 atom stereocenters. The van der Waals surface area contributed by atoms with Crippen LogP contribution in [0.4, 0.5) is 0 Å². The van der Waals surface area contributed by atoms with E-state index in [1.165, 1.54) is 19.3 Å². The minimum Gasteiger partial charge on any atom is -0.459 e. The van der Waals surface area contributed by atoms with Crippen molar-refractivity contribution >= 4 is 22.7 Å². The van der Waals surface area contributed by atoms with E-state index in [0.29, 0.717) is 25.4 Å². The molecule has 3 aliphatic rings. The lowest BCUT2D eigenvalue weighted by Crippen LogP contribution is -2.43. The lowest BCUT2D eigenvalue weighted by atomic mass is 9.80. The summed E-state index contributed by atoms with van der Waals surface area (Å²) in [7, 11) is 0. The highest BCUT2D eigenvalue weighted by Crippen LogP contribution is 2.45. The van der Waals surface area contributed by atoms with Crippen molar-refractivity contribution in [1.29, 1.82) is 0 Å². The van der Waals surface area contributed by atoms with E-state index in [0.717, 1.165) is 28.8 Å². The molecule has 3 unspecified atom stereocenters. The van der Waals surface area contributed by atoms with Crippen LogP contribution >= 0.6 is 0 Å². The number of nitrogens with one attached hydrogen (secondary N) is 1. The molecule has 2 fully saturated rings. The van der Waals surface area contributed by atoms with Gasteiger partial charge in [0, 0.05) is 49.6 Å². The van der Waals surface area contributed by atoms with Crippen molar-refractivity contribution in [2.75, 3.05) is 13.2 Å². The van der Waals surface area contributed by atoms with Crippen LogP contribution in [0.3, 0.4) is 0 Å². The fourth-order valence-corrected chi connectivity index (χ4v) is 6.52. The van der Waals surface area contributed by atoms with Crippen LogP contribution in [0.25, 0.3) is 10.9 Å². The number of ether oxygens (including phenoxy) is 2. The first-order chi connectivity index (χ1) is 17.0. The number of allylic oxidation sites excluding steroid dienone is 1. The number of amides is 1. The Morgan fingerprint density at radius 2 is 2.06 bits per heavy atom. The van der Waals surface area contributed by atoms with Crippen LogP contribution in [0.2, 0.25) is 0 Å². The first kappa shape index (κ1) is 24.1. The number of fused-ring (bicyclic) bond motifs is 3. The maximum Gasteiger partial charge on any atom is 0.286 e. The van der Waals surface area contributed by atoms with E-state index in [9.17, 15) is 14.7 Å². The molecular weight excluding hydrogens is 444 g/mol. The van der Waals surface area contributed by atoms with E-state index in [2.05, 4.69) is 5.32 Å². The summed E-state index contributed by atoms with van der Waals surface area (Å²) in [6.45, 7) is 3.98. The number of aromatic nitrogens is 1. The zero-order valence-electron chi connectivity index (χ0n) is 20.6. The summed E-state index contributed by atoms with van der Waals surface area (Å²) in [4.78, 5) is 25.8. The van der Waals surface area contributed by atoms with Crippen LogP contribution in [0.5, 0.6) is 0 Å². The van der Waals surface area contributed by atoms with E-state index in [1.807, 2.05) is 43.5 Å². The minimum atomic E-state index is -0.609. The van der Waals surface area contributed by atoms with Gasteiger partial charge < -0.3 is 19.9 Å². The summed E-state index contributed by atoms with van der Waals surface area (Å²) in [5, 5.41) is 13.8. The van der Waals surface area contributed by atoms with E-state index in [1.54, 1.807) is 11.5 Å². The predicted molar refractivity (Wildman–Crippen MR) is 133 cm³/mol. The van der Waals surface area contributed by atoms with Crippen molar-refractivity contribution in [2.45, 2.75) is 70.6 Å². The largest absolute Gasteiger partial charge is 0.459 e. The molecule has 1 aliphatic heterocycles. The van der Waals surface area contributed by atoms with Crippen LogP contribution in [0, 0.1) is 17.8 Å². The van der Waals surface area contributed by atoms with Gasteiger partial charge in [-0.15, -0.1) is 0 Å². The SMILES string of the molecule is CCO[C@H]1OC(C(=O)NC2CC3CCC2C3)=C[C@@H](c2cn(C(C)=O)c3ccccc23)[C@@H]1CCCO. The lowest BCUT2D eigenvalue weighted by Gasteiger charge is -2.37. The second-order valence-corrected chi connectivity index (χ2v) is 10.3. The Hall–Kier alpha value is -2.64. The molecule has 35 heavy (non-hydrogen) atoms. The number of nitrogens with zero attached hydrogens (tertiary/aromatic N) is 1. The van der Waals surface area contributed by atoms with Gasteiger partial charge in [0.2, 0.25) is 12.2 Å². The van der Waals surface area contributed by atoms with E-state index >= 15 is 0 Å². The molecule has 188 valence electrons. The first-order valence-corrected chi connectivity index (χ1v) is 13.0. The number of carbonyl (C=O) groups is 2. The number of aliphatic hydroxyl groups excluding tert-OH is 1. The third-order valence-corrected chi connectivity index (χ3v) is 8.13. The second kappa shape index (κ2) is 10.2. The molecule has 2 heterocycles. The molecule has 0 saturated heterocycles. The van der Waals surface area contributed by atoms with Crippen molar-refractivity contribution in [1.82, 2.24) is 9.88 Å². The Bertz CT molecular complexity index is 1120. The number of hydrogen-bond acceptors (Lipinski definition) is 5. The molecule has 7 nitrogen and oxygen atoms in total. The van der Waals surface area contributed by atoms with Crippen molar-refractivity contribution < 1.29 is 24.2 Å². The highest BCUT2D eigenvalue weighted by atomic mass is 16.7. The van der Waals surface area contributed by atoms with Crippen molar-refractivity contribution in [3.8, 4) is 0 Å². The molecule has 0 radical (unpaired) electrons. The number of para-hydroxylation sites is 1. The quantitative estimate of drug-likeness (QED) is 0.586. The van der Waals surface area contributed by atoms with Crippen molar-refractivity contribution in [3.63, 3.8) is 0 Å². The highest BCUT2D eigenvalue weighted by molar-refractivity contribution is 5.95. The van der Waals surface area contributed by atoms with Gasteiger partial charge in [0.25, 0.3) is 5.91 Å². The first-order valence-electron chi connectivity index (χ1n) is 13.0. The fourth-order valence-electron chi connectivity index (χ4n) is 6.52. The Labute approximate surface area is 206 Å². The Kier molecular flexibility index (Phi) is 6.98. The minimum absolute atomic E-state index is 0.0639. The molecule has 0 spiro atoms. The third-order valence-electron chi connectivity index (χ3n) is 8.13. The van der Waals surface area contributed by atoms with E-state index < -0.39 is 6.29 Å². The van der Waals surface area contributed by atoms with Gasteiger partial charge in [0.15, 0.2) is 5.76 Å². The summed E-state index contributed by atoms with van der Waals surface area (Å²) >= 11 is 0. The molecule has 1 amide bonds. The smallest absolute Gasteiger partial charge is 0.286 e. The van der Waals surface area contributed by atoms with E-state index in [-0.39, 0.29) is 42.1 Å². The molecule has 1 aromatic heterocycles. The molecule has 5 rings (SSSR count). The lowest BCUT2D eigenvalue weighted by molar-refractivity contribution is -0.166. The summed E-state index contributed by atoms with van der Waals surface area (Å²) in [5.74, 6) is 1.04. The Morgan fingerprint density at radius 3 is 2.74 bits per heavy atom. The molecule has 7 heteroatoms. The number of aliphatic hydroxyl groups is 1. The van der Waals surface area contributed by atoms with Crippen LogP contribution in [0.1, 0.15) is 68.6 Å². The molecular formula is C28H36N2O5. The molecule has 2 aliphatic carbocycles. The van der Waals surface area contributed by atoms with Crippen molar-refractivity contribution in [3.05, 3.63) is 47.9 Å². The highest BCUT2D eigenvalue weighted by Gasteiger charge is 2.43. The maximum atomic E-state index is 13.4. The predicted octanol–water partition coefficient (Wildman–Crippen LogP) is 4.36. The van der Waals surface area contributed by atoms with Gasteiger partial charge in [-0.1, -0.05) is 24.6 Å². The average molecular weight is 481 g/mol. The second-order valence-electron chi connectivity index (χ2n) is 10.3. The number of benzene rings is 1. The van der Waals surface area contributed by atoms with Gasteiger partial charge in [0.1, 0.15) is 0 Å². The monoisotopic (exact) mass is 480 g/mol.